The van der Waals surface area contributed by atoms with Crippen molar-refractivity contribution in [1.29, 1.82) is 0 Å². The van der Waals surface area contributed by atoms with Crippen molar-refractivity contribution in [3.05, 3.63) is 23.3 Å². The molecule has 0 spiro atoms. The Balaban J connectivity index is 1.72. The van der Waals surface area contributed by atoms with Gasteiger partial charge in [0.05, 0.1) is 20.3 Å². The number of ether oxygens (including phenoxy) is 3. The van der Waals surface area contributed by atoms with E-state index in [9.17, 15) is 0 Å². The lowest BCUT2D eigenvalue weighted by Gasteiger charge is -2.55. The van der Waals surface area contributed by atoms with Gasteiger partial charge in [0.2, 0.25) is 0 Å². The molecule has 2 aliphatic rings. The predicted molar refractivity (Wildman–Crippen MR) is 108 cm³/mol. The van der Waals surface area contributed by atoms with Crippen molar-refractivity contribution in [1.82, 2.24) is 10.2 Å². The second kappa shape index (κ2) is 7.58. The van der Waals surface area contributed by atoms with E-state index in [2.05, 4.69) is 43.0 Å². The summed E-state index contributed by atoms with van der Waals surface area (Å²) in [5.41, 5.74) is 2.48. The van der Waals surface area contributed by atoms with Gasteiger partial charge in [0.15, 0.2) is 17.5 Å². The van der Waals surface area contributed by atoms with Gasteiger partial charge < -0.3 is 24.4 Å². The number of aryl methyl sites for hydroxylation is 1. The maximum atomic E-state index is 5.91. The number of guanidine groups is 1. The zero-order chi connectivity index (χ0) is 19.8. The number of fused-ring (bicyclic) bond motifs is 1. The fourth-order valence-electron chi connectivity index (χ4n) is 4.63. The van der Waals surface area contributed by atoms with E-state index in [4.69, 9.17) is 14.2 Å². The quantitative estimate of drug-likeness (QED) is 0.634. The first kappa shape index (κ1) is 19.8. The summed E-state index contributed by atoms with van der Waals surface area (Å²) in [5, 5.41) is 3.70. The van der Waals surface area contributed by atoms with E-state index in [1.54, 1.807) is 14.2 Å². The van der Waals surface area contributed by atoms with Gasteiger partial charge in [-0.3, -0.25) is 4.99 Å². The predicted octanol–water partition coefficient (Wildman–Crippen LogP) is 2.83. The molecule has 3 rings (SSSR count). The Morgan fingerprint density at radius 1 is 1.30 bits per heavy atom. The summed E-state index contributed by atoms with van der Waals surface area (Å²) in [4.78, 5) is 6.69. The minimum Gasteiger partial charge on any atom is -0.493 e. The highest BCUT2D eigenvalue weighted by molar-refractivity contribution is 5.80. The number of nitrogens with one attached hydrogen (secondary N) is 1. The largest absolute Gasteiger partial charge is 0.493 e. The van der Waals surface area contributed by atoms with Crippen LogP contribution in [0.25, 0.3) is 0 Å². The number of hydrogen-bond acceptors (Lipinski definition) is 4. The molecule has 0 aromatic heterocycles. The summed E-state index contributed by atoms with van der Waals surface area (Å²) in [6.45, 7) is 8.27. The second-order valence-electron chi connectivity index (χ2n) is 8.22. The van der Waals surface area contributed by atoms with Crippen LogP contribution in [0.2, 0.25) is 0 Å². The summed E-state index contributed by atoms with van der Waals surface area (Å²) in [6.07, 6.45) is 1.49. The molecule has 0 bridgehead atoms. The molecule has 6 heteroatoms. The van der Waals surface area contributed by atoms with Gasteiger partial charge in [-0.2, -0.15) is 0 Å². The minimum atomic E-state index is 0.122. The lowest BCUT2D eigenvalue weighted by Crippen LogP contribution is -2.67. The van der Waals surface area contributed by atoms with E-state index in [0.717, 1.165) is 37.0 Å². The number of benzene rings is 1. The maximum absolute atomic E-state index is 5.91. The lowest BCUT2D eigenvalue weighted by molar-refractivity contribution is -0.107. The number of methoxy groups -OCH3 is 2. The molecule has 3 atom stereocenters. The fourth-order valence-corrected chi connectivity index (χ4v) is 4.63. The van der Waals surface area contributed by atoms with Gasteiger partial charge in [-0.25, -0.2) is 0 Å². The van der Waals surface area contributed by atoms with E-state index in [1.165, 1.54) is 11.1 Å². The summed E-state index contributed by atoms with van der Waals surface area (Å²) in [5.74, 6) is 2.99. The average Bonchev–Trinajstić information content (AvgIpc) is 3.10. The fraction of sp³-hybridized carbons (Fsp3) is 0.667. The molecular weight excluding hydrogens is 342 g/mol. The van der Waals surface area contributed by atoms with Crippen LogP contribution in [0.5, 0.6) is 11.5 Å². The van der Waals surface area contributed by atoms with Crippen molar-refractivity contribution < 1.29 is 14.2 Å². The lowest BCUT2D eigenvalue weighted by atomic mass is 9.57. The Kier molecular flexibility index (Phi) is 5.56. The summed E-state index contributed by atoms with van der Waals surface area (Å²) in [7, 11) is 7.24. The molecule has 1 aromatic carbocycles. The molecule has 2 fully saturated rings. The van der Waals surface area contributed by atoms with E-state index in [1.807, 2.05) is 19.2 Å². The first-order chi connectivity index (χ1) is 12.8. The SMILES string of the molecule is CN=C(NC1C2CCOC2C1(C)C)N(C)Cc1cc(OC)c(OC)cc1C. The van der Waals surface area contributed by atoms with Crippen molar-refractivity contribution in [3.8, 4) is 11.5 Å². The summed E-state index contributed by atoms with van der Waals surface area (Å²) in [6, 6.07) is 4.46. The van der Waals surface area contributed by atoms with Gasteiger partial charge in [0.25, 0.3) is 0 Å². The highest BCUT2D eigenvalue weighted by atomic mass is 16.5. The molecule has 1 aromatic rings. The standard InChI is InChI=1S/C21H33N3O3/c1-13-10-16(25-6)17(26-7)11-14(13)12-24(5)20(22-4)23-18-15-8-9-27-19(15)21(18,2)3/h10-11,15,18-19H,8-9,12H2,1-7H3,(H,22,23). The van der Waals surface area contributed by atoms with E-state index in [-0.39, 0.29) is 5.41 Å². The highest BCUT2D eigenvalue weighted by Crippen LogP contribution is 2.52. The van der Waals surface area contributed by atoms with Crippen LogP contribution in [0.4, 0.5) is 0 Å². The first-order valence-corrected chi connectivity index (χ1v) is 9.61. The normalized spacial score (nSPS) is 26.2. The van der Waals surface area contributed by atoms with Crippen LogP contribution in [-0.4, -0.2) is 57.9 Å². The van der Waals surface area contributed by atoms with Crippen molar-refractivity contribution in [2.24, 2.45) is 16.3 Å². The molecule has 0 radical (unpaired) electrons. The van der Waals surface area contributed by atoms with Gasteiger partial charge in [-0.05, 0) is 36.6 Å². The highest BCUT2D eigenvalue weighted by Gasteiger charge is 2.59. The van der Waals surface area contributed by atoms with Gasteiger partial charge in [-0.15, -0.1) is 0 Å². The van der Waals surface area contributed by atoms with Crippen LogP contribution < -0.4 is 14.8 Å². The van der Waals surface area contributed by atoms with Crippen LogP contribution >= 0.6 is 0 Å². The Bertz CT molecular complexity index is 717. The molecule has 1 N–H and O–H groups in total. The second-order valence-corrected chi connectivity index (χ2v) is 8.22. The maximum Gasteiger partial charge on any atom is 0.193 e. The topological polar surface area (TPSA) is 55.3 Å². The third-order valence-corrected chi connectivity index (χ3v) is 6.21. The Morgan fingerprint density at radius 2 is 1.96 bits per heavy atom. The first-order valence-electron chi connectivity index (χ1n) is 9.61. The Labute approximate surface area is 162 Å². The molecule has 0 amide bonds. The van der Waals surface area contributed by atoms with Gasteiger partial charge in [0, 0.05) is 44.6 Å². The van der Waals surface area contributed by atoms with E-state index in [0.29, 0.717) is 18.1 Å². The van der Waals surface area contributed by atoms with Crippen LogP contribution in [0, 0.1) is 18.3 Å². The molecule has 1 aliphatic heterocycles. The van der Waals surface area contributed by atoms with Crippen molar-refractivity contribution in [2.75, 3.05) is 34.9 Å². The third-order valence-electron chi connectivity index (χ3n) is 6.21. The van der Waals surface area contributed by atoms with E-state index >= 15 is 0 Å². The smallest absolute Gasteiger partial charge is 0.193 e. The van der Waals surface area contributed by atoms with Crippen LogP contribution in [-0.2, 0) is 11.3 Å². The molecule has 3 unspecified atom stereocenters. The molecule has 1 aliphatic carbocycles. The van der Waals surface area contributed by atoms with Crippen molar-refractivity contribution >= 4 is 5.96 Å². The Morgan fingerprint density at radius 3 is 2.59 bits per heavy atom. The molecule has 1 heterocycles. The van der Waals surface area contributed by atoms with Gasteiger partial charge in [-0.1, -0.05) is 13.8 Å². The minimum absolute atomic E-state index is 0.122. The number of rotatable bonds is 5. The molecule has 1 saturated heterocycles. The molecular formula is C21H33N3O3. The molecule has 1 saturated carbocycles. The number of nitrogens with zero attached hydrogens (tertiary/aromatic N) is 2. The monoisotopic (exact) mass is 375 g/mol. The number of aliphatic imine (C=N–C) groups is 1. The Hall–Kier alpha value is -1.95. The van der Waals surface area contributed by atoms with Crippen molar-refractivity contribution in [3.63, 3.8) is 0 Å². The zero-order valence-corrected chi connectivity index (χ0v) is 17.6. The summed E-state index contributed by atoms with van der Waals surface area (Å²) < 4.78 is 16.8. The van der Waals surface area contributed by atoms with Gasteiger partial charge in [0.1, 0.15) is 0 Å². The van der Waals surface area contributed by atoms with Gasteiger partial charge >= 0.3 is 0 Å². The van der Waals surface area contributed by atoms with Crippen molar-refractivity contribution in [2.45, 2.75) is 45.9 Å². The molecule has 150 valence electrons. The van der Waals surface area contributed by atoms with Crippen LogP contribution in [0.15, 0.2) is 17.1 Å². The zero-order valence-electron chi connectivity index (χ0n) is 17.6. The molecule has 6 nitrogen and oxygen atoms in total. The van der Waals surface area contributed by atoms with Crippen LogP contribution in [0.3, 0.4) is 0 Å². The molecule has 27 heavy (non-hydrogen) atoms. The number of hydrogen-bond donors (Lipinski definition) is 1. The van der Waals surface area contributed by atoms with Crippen LogP contribution in [0.1, 0.15) is 31.4 Å². The third kappa shape index (κ3) is 3.47. The summed E-state index contributed by atoms with van der Waals surface area (Å²) >= 11 is 0. The average molecular weight is 376 g/mol. The van der Waals surface area contributed by atoms with E-state index < -0.39 is 0 Å².